The maximum Gasteiger partial charge on any atom is 0.237 e. The zero-order chi connectivity index (χ0) is 11.4. The minimum Gasteiger partial charge on any atom is -0.338 e. The van der Waals surface area contributed by atoms with Crippen LogP contribution in [0.1, 0.15) is 24.7 Å². The Labute approximate surface area is 98.2 Å². The molecule has 0 saturated carbocycles. The number of hydrogen-bond donors (Lipinski definition) is 1. The molecule has 0 bridgehead atoms. The van der Waals surface area contributed by atoms with Gasteiger partial charge in [-0.15, -0.1) is 11.8 Å². The Morgan fingerprint density at radius 1 is 1.38 bits per heavy atom. The van der Waals surface area contributed by atoms with Crippen molar-refractivity contribution in [1.29, 1.82) is 0 Å². The highest BCUT2D eigenvalue weighted by molar-refractivity contribution is 7.98. The highest BCUT2D eigenvalue weighted by Crippen LogP contribution is 2.21. The number of aromatic nitrogens is 2. The molecule has 0 aliphatic carbocycles. The van der Waals surface area contributed by atoms with Crippen LogP contribution in [-0.4, -0.2) is 10.1 Å². The molecule has 16 heavy (non-hydrogen) atoms. The summed E-state index contributed by atoms with van der Waals surface area (Å²) in [4.78, 5) is 5.38. The van der Waals surface area contributed by atoms with Crippen molar-refractivity contribution >= 4 is 11.8 Å². The summed E-state index contributed by atoms with van der Waals surface area (Å²) < 4.78 is 5.09. The molecule has 1 unspecified atom stereocenters. The van der Waals surface area contributed by atoms with Crippen LogP contribution < -0.4 is 5.73 Å². The average Bonchev–Trinajstić information content (AvgIpc) is 2.76. The summed E-state index contributed by atoms with van der Waals surface area (Å²) in [5.74, 6) is 1.84. The number of nitrogens with two attached hydrogens (primary N) is 1. The number of nitrogens with zero attached hydrogens (tertiary/aromatic N) is 2. The lowest BCUT2D eigenvalue weighted by Crippen LogP contribution is -2.06. The van der Waals surface area contributed by atoms with E-state index in [-0.39, 0.29) is 6.04 Å². The van der Waals surface area contributed by atoms with Crippen LogP contribution in [0.15, 0.2) is 39.8 Å². The molecule has 0 amide bonds. The van der Waals surface area contributed by atoms with Gasteiger partial charge in [0.1, 0.15) is 0 Å². The van der Waals surface area contributed by atoms with Crippen molar-refractivity contribution in [3.63, 3.8) is 0 Å². The van der Waals surface area contributed by atoms with E-state index in [9.17, 15) is 0 Å². The third-order valence-corrected chi connectivity index (χ3v) is 2.99. The molecule has 0 saturated heterocycles. The Morgan fingerprint density at radius 2 is 2.12 bits per heavy atom. The lowest BCUT2D eigenvalue weighted by Gasteiger charge is -1.96. The Balaban J connectivity index is 1.95. The topological polar surface area (TPSA) is 64.9 Å². The SMILES string of the molecule is CC(N)c1noc(CSc2ccccc2)n1. The van der Waals surface area contributed by atoms with Crippen molar-refractivity contribution < 1.29 is 4.52 Å². The van der Waals surface area contributed by atoms with Crippen LogP contribution >= 0.6 is 11.8 Å². The molecule has 1 aromatic heterocycles. The summed E-state index contributed by atoms with van der Waals surface area (Å²) in [6, 6.07) is 9.91. The van der Waals surface area contributed by atoms with Gasteiger partial charge in [0, 0.05) is 4.90 Å². The predicted molar refractivity (Wildman–Crippen MR) is 62.9 cm³/mol. The molecule has 84 valence electrons. The minimum atomic E-state index is -0.181. The molecule has 1 atom stereocenters. The molecule has 1 heterocycles. The lowest BCUT2D eigenvalue weighted by molar-refractivity contribution is 0.382. The van der Waals surface area contributed by atoms with Crippen molar-refractivity contribution in [2.45, 2.75) is 23.6 Å². The second-order valence-electron chi connectivity index (χ2n) is 3.44. The summed E-state index contributed by atoms with van der Waals surface area (Å²) in [7, 11) is 0. The molecule has 0 spiro atoms. The van der Waals surface area contributed by atoms with Gasteiger partial charge in [0.2, 0.25) is 5.89 Å². The molecule has 0 aliphatic rings. The van der Waals surface area contributed by atoms with Gasteiger partial charge in [0.25, 0.3) is 0 Å². The largest absolute Gasteiger partial charge is 0.338 e. The monoisotopic (exact) mass is 235 g/mol. The quantitative estimate of drug-likeness (QED) is 0.824. The summed E-state index contributed by atoms with van der Waals surface area (Å²) in [6.07, 6.45) is 0. The molecular weight excluding hydrogens is 222 g/mol. The Morgan fingerprint density at radius 3 is 2.75 bits per heavy atom. The normalized spacial score (nSPS) is 12.6. The van der Waals surface area contributed by atoms with Crippen LogP contribution in [0.3, 0.4) is 0 Å². The molecular formula is C11H13N3OS. The van der Waals surface area contributed by atoms with Gasteiger partial charge >= 0.3 is 0 Å². The van der Waals surface area contributed by atoms with Crippen molar-refractivity contribution in [1.82, 2.24) is 10.1 Å². The number of hydrogen-bond acceptors (Lipinski definition) is 5. The maximum absolute atomic E-state index is 5.64. The maximum atomic E-state index is 5.64. The van der Waals surface area contributed by atoms with Gasteiger partial charge in [-0.2, -0.15) is 4.98 Å². The van der Waals surface area contributed by atoms with Crippen molar-refractivity contribution in [2.75, 3.05) is 0 Å². The lowest BCUT2D eigenvalue weighted by atomic mass is 10.3. The van der Waals surface area contributed by atoms with Crippen LogP contribution in [0.2, 0.25) is 0 Å². The highest BCUT2D eigenvalue weighted by atomic mass is 32.2. The van der Waals surface area contributed by atoms with E-state index < -0.39 is 0 Å². The summed E-state index contributed by atoms with van der Waals surface area (Å²) >= 11 is 1.66. The summed E-state index contributed by atoms with van der Waals surface area (Å²) in [5, 5.41) is 3.80. The molecule has 5 heteroatoms. The van der Waals surface area contributed by atoms with Crippen molar-refractivity contribution in [3.8, 4) is 0 Å². The van der Waals surface area contributed by atoms with Crippen LogP contribution in [0.5, 0.6) is 0 Å². The fourth-order valence-corrected chi connectivity index (χ4v) is 1.93. The van der Waals surface area contributed by atoms with Gasteiger partial charge in [-0.1, -0.05) is 23.4 Å². The number of rotatable bonds is 4. The Hall–Kier alpha value is -1.33. The highest BCUT2D eigenvalue weighted by Gasteiger charge is 2.09. The standard InChI is InChI=1S/C11H13N3OS/c1-8(12)11-13-10(15-14-11)7-16-9-5-3-2-4-6-9/h2-6,8H,7,12H2,1H3. The molecule has 0 fully saturated rings. The summed E-state index contributed by atoms with van der Waals surface area (Å²) in [6.45, 7) is 1.83. The van der Waals surface area contributed by atoms with Gasteiger partial charge < -0.3 is 10.3 Å². The number of benzene rings is 1. The molecule has 2 aromatic rings. The van der Waals surface area contributed by atoms with Crippen LogP contribution in [-0.2, 0) is 5.75 Å². The molecule has 4 nitrogen and oxygen atoms in total. The molecule has 1 aromatic carbocycles. The smallest absolute Gasteiger partial charge is 0.237 e. The van der Waals surface area contributed by atoms with E-state index in [1.807, 2.05) is 37.3 Å². The van der Waals surface area contributed by atoms with Crippen molar-refractivity contribution in [3.05, 3.63) is 42.0 Å². The van der Waals surface area contributed by atoms with Crippen LogP contribution in [0.25, 0.3) is 0 Å². The summed E-state index contributed by atoms with van der Waals surface area (Å²) in [5.41, 5.74) is 5.64. The second kappa shape index (κ2) is 5.14. The number of thioether (sulfide) groups is 1. The van der Waals surface area contributed by atoms with Crippen LogP contribution in [0.4, 0.5) is 0 Å². The first-order valence-corrected chi connectivity index (χ1v) is 6.00. The minimum absolute atomic E-state index is 0.181. The van der Waals surface area contributed by atoms with E-state index in [0.717, 1.165) is 0 Å². The van der Waals surface area contributed by atoms with E-state index >= 15 is 0 Å². The third kappa shape index (κ3) is 2.84. The molecule has 2 N–H and O–H groups in total. The fourth-order valence-electron chi connectivity index (χ4n) is 1.17. The average molecular weight is 235 g/mol. The van der Waals surface area contributed by atoms with Gasteiger partial charge in [-0.05, 0) is 19.1 Å². The fraction of sp³-hybridized carbons (Fsp3) is 0.273. The van der Waals surface area contributed by atoms with E-state index in [1.165, 1.54) is 4.90 Å². The Bertz CT molecular complexity index is 442. The first kappa shape index (κ1) is 11.2. The van der Waals surface area contributed by atoms with E-state index in [0.29, 0.717) is 17.5 Å². The first-order chi connectivity index (χ1) is 7.75. The zero-order valence-electron chi connectivity index (χ0n) is 8.96. The first-order valence-electron chi connectivity index (χ1n) is 5.01. The van der Waals surface area contributed by atoms with Crippen LogP contribution in [0, 0.1) is 0 Å². The van der Waals surface area contributed by atoms with Gasteiger partial charge in [0.05, 0.1) is 11.8 Å². The van der Waals surface area contributed by atoms with Gasteiger partial charge in [0.15, 0.2) is 5.82 Å². The van der Waals surface area contributed by atoms with E-state index in [4.69, 9.17) is 10.3 Å². The molecule has 0 radical (unpaired) electrons. The van der Waals surface area contributed by atoms with E-state index in [2.05, 4.69) is 10.1 Å². The Kier molecular flexibility index (Phi) is 3.58. The predicted octanol–water partition coefficient (Wildman–Crippen LogP) is 2.38. The third-order valence-electron chi connectivity index (χ3n) is 2.00. The van der Waals surface area contributed by atoms with E-state index in [1.54, 1.807) is 11.8 Å². The molecule has 0 aliphatic heterocycles. The van der Waals surface area contributed by atoms with Gasteiger partial charge in [-0.25, -0.2) is 0 Å². The van der Waals surface area contributed by atoms with Gasteiger partial charge in [-0.3, -0.25) is 0 Å². The van der Waals surface area contributed by atoms with Crippen molar-refractivity contribution in [2.24, 2.45) is 5.73 Å². The second-order valence-corrected chi connectivity index (χ2v) is 4.49. The zero-order valence-corrected chi connectivity index (χ0v) is 9.78. The molecule has 2 rings (SSSR count).